The minimum atomic E-state index is -4.54. The minimum absolute atomic E-state index is 0.121. The summed E-state index contributed by atoms with van der Waals surface area (Å²) >= 11 is 0. The van der Waals surface area contributed by atoms with E-state index in [0.717, 1.165) is 32.1 Å². The number of alkyl halides is 3. The van der Waals surface area contributed by atoms with Crippen LogP contribution in [0.5, 0.6) is 5.75 Å². The average molecular weight is 365 g/mol. The van der Waals surface area contributed by atoms with Crippen molar-refractivity contribution in [3.05, 3.63) is 36.2 Å². The maximum atomic E-state index is 13.5. The van der Waals surface area contributed by atoms with Crippen LogP contribution in [0.15, 0.2) is 30.6 Å². The van der Waals surface area contributed by atoms with Crippen molar-refractivity contribution in [2.45, 2.75) is 33.0 Å². The summed E-state index contributed by atoms with van der Waals surface area (Å²) in [5.41, 5.74) is 0.226. The zero-order valence-corrected chi connectivity index (χ0v) is 14.8. The molecule has 26 heavy (non-hydrogen) atoms. The van der Waals surface area contributed by atoms with E-state index in [-0.39, 0.29) is 11.1 Å². The number of hydrogen-bond acceptors (Lipinski definition) is 3. The van der Waals surface area contributed by atoms with E-state index in [0.29, 0.717) is 23.0 Å². The number of fused-ring (bicyclic) bond motifs is 3. The Bertz CT molecular complexity index is 914. The van der Waals surface area contributed by atoms with Gasteiger partial charge in [0, 0.05) is 29.6 Å². The lowest BCUT2D eigenvalue weighted by atomic mass is 10.1. The monoisotopic (exact) mass is 365 g/mol. The lowest BCUT2D eigenvalue weighted by molar-refractivity contribution is -0.136. The fourth-order valence-corrected chi connectivity index (χ4v) is 3.51. The summed E-state index contributed by atoms with van der Waals surface area (Å²) in [6, 6.07) is 3.80. The largest absolute Gasteiger partial charge is 0.508 e. The van der Waals surface area contributed by atoms with Crippen LogP contribution in [0.1, 0.15) is 25.8 Å². The molecule has 0 saturated heterocycles. The summed E-state index contributed by atoms with van der Waals surface area (Å²) in [7, 11) is 0. The van der Waals surface area contributed by atoms with E-state index in [2.05, 4.69) is 23.7 Å². The van der Waals surface area contributed by atoms with E-state index in [1.165, 1.54) is 12.3 Å². The Kier molecular flexibility index (Phi) is 5.09. The molecule has 0 aliphatic carbocycles. The number of aromatic nitrogens is 2. The number of nitrogens with zero attached hydrogens (tertiary/aromatic N) is 3. The molecule has 0 fully saturated rings. The molecule has 0 amide bonds. The normalized spacial score (nSPS) is 12.5. The third-order valence-corrected chi connectivity index (χ3v) is 4.81. The second-order valence-electron chi connectivity index (χ2n) is 6.31. The number of pyridine rings is 1. The van der Waals surface area contributed by atoms with Crippen LogP contribution in [0.2, 0.25) is 0 Å². The van der Waals surface area contributed by atoms with Crippen LogP contribution in [0, 0.1) is 0 Å². The van der Waals surface area contributed by atoms with Crippen molar-refractivity contribution in [3.8, 4) is 5.75 Å². The molecule has 0 spiro atoms. The van der Waals surface area contributed by atoms with E-state index < -0.39 is 11.7 Å². The fraction of sp³-hybridized carbons (Fsp3) is 0.421. The molecule has 140 valence electrons. The third-order valence-electron chi connectivity index (χ3n) is 4.81. The lowest BCUT2D eigenvalue weighted by Gasteiger charge is -2.18. The topological polar surface area (TPSA) is 41.3 Å². The number of aromatic hydroxyl groups is 1. The quantitative estimate of drug-likeness (QED) is 0.692. The highest BCUT2D eigenvalue weighted by atomic mass is 19.4. The number of phenols is 1. The molecule has 7 heteroatoms. The van der Waals surface area contributed by atoms with Gasteiger partial charge in [0.1, 0.15) is 5.75 Å². The number of rotatable bonds is 6. The molecular weight excluding hydrogens is 343 g/mol. The molecule has 0 atom stereocenters. The van der Waals surface area contributed by atoms with Crippen LogP contribution in [0.25, 0.3) is 21.8 Å². The predicted molar refractivity (Wildman–Crippen MR) is 96.3 cm³/mol. The summed E-state index contributed by atoms with van der Waals surface area (Å²) in [6.45, 7) is 7.46. The van der Waals surface area contributed by atoms with Crippen LogP contribution >= 0.6 is 0 Å². The molecule has 2 aromatic heterocycles. The molecule has 0 bridgehead atoms. The summed E-state index contributed by atoms with van der Waals surface area (Å²) in [5.74, 6) is -0.384. The van der Waals surface area contributed by atoms with Crippen molar-refractivity contribution >= 4 is 21.8 Å². The van der Waals surface area contributed by atoms with Gasteiger partial charge in [-0.05, 0) is 38.2 Å². The van der Waals surface area contributed by atoms with Crippen LogP contribution in [0.3, 0.4) is 0 Å². The molecule has 0 aliphatic rings. The molecule has 0 radical (unpaired) electrons. The molecule has 0 aliphatic heterocycles. The number of phenolic OH excluding ortho intramolecular Hbond substituents is 1. The Morgan fingerprint density at radius 3 is 2.54 bits per heavy atom. The summed E-state index contributed by atoms with van der Waals surface area (Å²) < 4.78 is 42.5. The molecule has 2 heterocycles. The maximum absolute atomic E-state index is 13.5. The maximum Gasteiger partial charge on any atom is 0.417 e. The van der Waals surface area contributed by atoms with Gasteiger partial charge in [-0.15, -0.1) is 0 Å². The van der Waals surface area contributed by atoms with Gasteiger partial charge in [-0.3, -0.25) is 4.98 Å². The highest BCUT2D eigenvalue weighted by molar-refractivity contribution is 6.10. The number of halogens is 3. The molecule has 0 unspecified atom stereocenters. The zero-order chi connectivity index (χ0) is 18.9. The molecule has 1 aromatic carbocycles. The molecule has 4 nitrogen and oxygen atoms in total. The van der Waals surface area contributed by atoms with E-state index in [1.807, 2.05) is 4.57 Å². The van der Waals surface area contributed by atoms with Crippen molar-refractivity contribution in [2.75, 3.05) is 19.6 Å². The van der Waals surface area contributed by atoms with Gasteiger partial charge in [0.2, 0.25) is 0 Å². The second kappa shape index (κ2) is 7.15. The summed E-state index contributed by atoms with van der Waals surface area (Å²) in [5, 5.41) is 10.5. The molecule has 1 N–H and O–H groups in total. The Hall–Kier alpha value is -2.28. The SMILES string of the molecule is CCN(CC)CCCn1c2cnccc2c2c(C(F)(F)F)cc(O)cc21. The molecule has 3 aromatic rings. The Morgan fingerprint density at radius 1 is 1.15 bits per heavy atom. The third kappa shape index (κ3) is 3.35. The first kappa shape index (κ1) is 18.5. The highest BCUT2D eigenvalue weighted by Gasteiger charge is 2.35. The van der Waals surface area contributed by atoms with Gasteiger partial charge in [-0.1, -0.05) is 13.8 Å². The van der Waals surface area contributed by atoms with Crippen molar-refractivity contribution in [1.82, 2.24) is 14.5 Å². The number of aryl methyl sites for hydroxylation is 1. The lowest BCUT2D eigenvalue weighted by Crippen LogP contribution is -2.24. The van der Waals surface area contributed by atoms with Gasteiger partial charge in [0.05, 0.1) is 22.8 Å². The molecule has 3 rings (SSSR count). The van der Waals surface area contributed by atoms with Crippen LogP contribution in [-0.2, 0) is 12.7 Å². The van der Waals surface area contributed by atoms with Gasteiger partial charge >= 0.3 is 6.18 Å². The van der Waals surface area contributed by atoms with E-state index in [1.54, 1.807) is 12.3 Å². The predicted octanol–water partition coefficient (Wildman–Crippen LogP) is 4.65. The smallest absolute Gasteiger partial charge is 0.417 e. The van der Waals surface area contributed by atoms with Gasteiger partial charge in [0.15, 0.2) is 0 Å². The molecule has 0 saturated carbocycles. The van der Waals surface area contributed by atoms with Crippen molar-refractivity contribution in [2.24, 2.45) is 0 Å². The van der Waals surface area contributed by atoms with Gasteiger partial charge in [-0.2, -0.15) is 13.2 Å². The van der Waals surface area contributed by atoms with Crippen molar-refractivity contribution in [1.29, 1.82) is 0 Å². The van der Waals surface area contributed by atoms with Crippen molar-refractivity contribution in [3.63, 3.8) is 0 Å². The Morgan fingerprint density at radius 2 is 1.88 bits per heavy atom. The minimum Gasteiger partial charge on any atom is -0.508 e. The van der Waals surface area contributed by atoms with Gasteiger partial charge in [-0.25, -0.2) is 0 Å². The van der Waals surface area contributed by atoms with E-state index in [4.69, 9.17) is 0 Å². The first-order chi connectivity index (χ1) is 12.4. The molecular formula is C19H22F3N3O. The van der Waals surface area contributed by atoms with Gasteiger partial charge in [0.25, 0.3) is 0 Å². The fourth-order valence-electron chi connectivity index (χ4n) is 3.51. The van der Waals surface area contributed by atoms with Crippen LogP contribution < -0.4 is 0 Å². The summed E-state index contributed by atoms with van der Waals surface area (Å²) in [6.07, 6.45) is -0.661. The first-order valence-electron chi connectivity index (χ1n) is 8.75. The Labute approximate surface area is 149 Å². The number of benzene rings is 1. The van der Waals surface area contributed by atoms with Crippen molar-refractivity contribution < 1.29 is 18.3 Å². The number of hydrogen-bond donors (Lipinski definition) is 1. The average Bonchev–Trinajstić information content (AvgIpc) is 2.91. The standard InChI is InChI=1S/C19H22F3N3O/c1-3-24(4-2)8-5-9-25-16-11-13(26)10-15(19(20,21)22)18(16)14-6-7-23-12-17(14)25/h6-7,10-12,26H,3-5,8-9H2,1-2H3. The Balaban J connectivity index is 2.14. The van der Waals surface area contributed by atoms with E-state index >= 15 is 0 Å². The van der Waals surface area contributed by atoms with Gasteiger partial charge < -0.3 is 14.6 Å². The van der Waals surface area contributed by atoms with Crippen LogP contribution in [-0.4, -0.2) is 39.2 Å². The zero-order valence-electron chi connectivity index (χ0n) is 14.8. The summed E-state index contributed by atoms with van der Waals surface area (Å²) in [4.78, 5) is 6.35. The highest BCUT2D eigenvalue weighted by Crippen LogP contribution is 2.41. The first-order valence-corrected chi connectivity index (χ1v) is 8.75. The van der Waals surface area contributed by atoms with E-state index in [9.17, 15) is 18.3 Å². The van der Waals surface area contributed by atoms with Crippen LogP contribution in [0.4, 0.5) is 13.2 Å². The second-order valence-corrected chi connectivity index (χ2v) is 6.31.